The second kappa shape index (κ2) is 9.85. The number of alkyl halides is 3. The summed E-state index contributed by atoms with van der Waals surface area (Å²) in [6.07, 6.45) is -3.11. The zero-order valence-electron chi connectivity index (χ0n) is 15.1. The highest BCUT2D eigenvalue weighted by Crippen LogP contribution is 2.32. The Morgan fingerprint density at radius 1 is 0.833 bits per heavy atom. The summed E-state index contributed by atoms with van der Waals surface area (Å²) in [5.41, 5.74) is 1.08. The minimum atomic E-state index is -4.75. The highest BCUT2D eigenvalue weighted by atomic mass is 79.9. The molecule has 2 nitrogen and oxygen atoms in total. The molecule has 154 valence electrons. The first-order valence-electron chi connectivity index (χ1n) is 8.51. The maximum Gasteiger partial charge on any atom is 0.573 e. The molecule has 0 amide bonds. The standard InChI is InChI=1S/C22H13Br2F3O2S/c23-16-5-3-15(4-6-16)21(28)20(30-19-11-7-17(24)8-12-19)13-14-1-9-18(10-2-14)29-22(25,26)27/h1-13H/b20-13+. The minimum absolute atomic E-state index is 0.189. The number of rotatable bonds is 6. The van der Waals surface area contributed by atoms with Crippen molar-refractivity contribution in [1.29, 1.82) is 0 Å². The Kier molecular flexibility index (Phi) is 7.44. The first-order chi connectivity index (χ1) is 14.2. The van der Waals surface area contributed by atoms with E-state index in [1.165, 1.54) is 36.0 Å². The van der Waals surface area contributed by atoms with Gasteiger partial charge in [-0.05, 0) is 72.3 Å². The summed E-state index contributed by atoms with van der Waals surface area (Å²) in [4.78, 5) is 14.4. The Hall–Kier alpha value is -2.03. The molecule has 8 heteroatoms. The van der Waals surface area contributed by atoms with Crippen LogP contribution in [0.1, 0.15) is 15.9 Å². The number of thioether (sulfide) groups is 1. The molecule has 0 saturated heterocycles. The van der Waals surface area contributed by atoms with Crippen molar-refractivity contribution in [2.75, 3.05) is 0 Å². The van der Waals surface area contributed by atoms with Crippen molar-refractivity contribution in [3.05, 3.63) is 97.8 Å². The number of ether oxygens (including phenoxy) is 1. The minimum Gasteiger partial charge on any atom is -0.406 e. The van der Waals surface area contributed by atoms with Crippen LogP contribution in [0.3, 0.4) is 0 Å². The highest BCUT2D eigenvalue weighted by Gasteiger charge is 2.30. The predicted octanol–water partition coefficient (Wildman–Crippen LogP) is 8.13. The van der Waals surface area contributed by atoms with Gasteiger partial charge in [0.05, 0.1) is 4.91 Å². The number of carbonyl (C=O) groups is 1. The van der Waals surface area contributed by atoms with Gasteiger partial charge < -0.3 is 4.74 Å². The molecule has 3 aromatic rings. The van der Waals surface area contributed by atoms with Crippen molar-refractivity contribution in [2.45, 2.75) is 11.3 Å². The predicted molar refractivity (Wildman–Crippen MR) is 120 cm³/mol. The fourth-order valence-corrected chi connectivity index (χ4v) is 3.89. The van der Waals surface area contributed by atoms with E-state index >= 15 is 0 Å². The van der Waals surface area contributed by atoms with Crippen LogP contribution in [0.2, 0.25) is 0 Å². The van der Waals surface area contributed by atoms with E-state index in [4.69, 9.17) is 0 Å². The van der Waals surface area contributed by atoms with E-state index < -0.39 is 6.36 Å². The van der Waals surface area contributed by atoms with Gasteiger partial charge in [0.15, 0.2) is 5.78 Å². The monoisotopic (exact) mass is 556 g/mol. The fraction of sp³-hybridized carbons (Fsp3) is 0.0455. The molecule has 0 fully saturated rings. The van der Waals surface area contributed by atoms with Gasteiger partial charge >= 0.3 is 6.36 Å². The Morgan fingerprint density at radius 3 is 1.90 bits per heavy atom. The number of Topliss-reactive ketones (excluding diaryl/α,β-unsaturated/α-hetero) is 1. The second-order valence-electron chi connectivity index (χ2n) is 6.02. The summed E-state index contributed by atoms with van der Waals surface area (Å²) in [5, 5.41) is 0. The molecule has 30 heavy (non-hydrogen) atoms. The largest absolute Gasteiger partial charge is 0.573 e. The quantitative estimate of drug-likeness (QED) is 0.174. The maximum absolute atomic E-state index is 13.1. The van der Waals surface area contributed by atoms with Crippen LogP contribution in [0.25, 0.3) is 6.08 Å². The van der Waals surface area contributed by atoms with Crippen LogP contribution in [-0.4, -0.2) is 12.1 Å². The van der Waals surface area contributed by atoms with Gasteiger partial charge in [0.2, 0.25) is 0 Å². The lowest BCUT2D eigenvalue weighted by Crippen LogP contribution is -2.16. The van der Waals surface area contributed by atoms with Crippen molar-refractivity contribution < 1.29 is 22.7 Å². The van der Waals surface area contributed by atoms with Crippen LogP contribution in [0.5, 0.6) is 5.75 Å². The summed E-state index contributed by atoms with van der Waals surface area (Å²) in [5.74, 6) is -0.507. The number of hydrogen-bond acceptors (Lipinski definition) is 3. The van der Waals surface area contributed by atoms with Gasteiger partial charge in [0.25, 0.3) is 0 Å². The van der Waals surface area contributed by atoms with Crippen LogP contribution >= 0.6 is 43.6 Å². The van der Waals surface area contributed by atoms with Crippen molar-refractivity contribution in [1.82, 2.24) is 0 Å². The normalized spacial score (nSPS) is 12.0. The molecule has 0 radical (unpaired) electrons. The number of allylic oxidation sites excluding steroid dienone is 1. The number of hydrogen-bond donors (Lipinski definition) is 0. The Bertz CT molecular complexity index is 1050. The first kappa shape index (κ1) is 22.7. The van der Waals surface area contributed by atoms with E-state index in [1.54, 1.807) is 30.3 Å². The molecule has 3 aromatic carbocycles. The van der Waals surface area contributed by atoms with Crippen LogP contribution in [-0.2, 0) is 0 Å². The third-order valence-corrected chi connectivity index (χ3v) is 5.87. The number of benzene rings is 3. The highest BCUT2D eigenvalue weighted by molar-refractivity contribution is 9.10. The molecule has 0 unspecified atom stereocenters. The van der Waals surface area contributed by atoms with Gasteiger partial charge in [0.1, 0.15) is 5.75 Å². The van der Waals surface area contributed by atoms with Crippen molar-refractivity contribution in [3.8, 4) is 5.75 Å². The summed E-state index contributed by atoms with van der Waals surface area (Å²) in [6.45, 7) is 0. The molecule has 0 aliphatic rings. The molecule has 0 N–H and O–H groups in total. The Balaban J connectivity index is 1.92. The summed E-state index contributed by atoms with van der Waals surface area (Å²) < 4.78 is 42.7. The third kappa shape index (κ3) is 6.75. The number of carbonyl (C=O) groups excluding carboxylic acids is 1. The molecular weight excluding hydrogens is 545 g/mol. The number of ketones is 1. The average molecular weight is 558 g/mol. The number of halogens is 5. The molecule has 0 aliphatic carbocycles. The molecule has 0 aliphatic heterocycles. The smallest absolute Gasteiger partial charge is 0.406 e. The van der Waals surface area contributed by atoms with E-state index in [0.717, 1.165) is 13.8 Å². The van der Waals surface area contributed by atoms with Gasteiger partial charge in [-0.15, -0.1) is 13.2 Å². The zero-order chi connectivity index (χ0) is 21.7. The molecule has 0 saturated carbocycles. The van der Waals surface area contributed by atoms with E-state index in [9.17, 15) is 18.0 Å². The van der Waals surface area contributed by atoms with Crippen molar-refractivity contribution >= 4 is 55.5 Å². The van der Waals surface area contributed by atoms with Crippen LogP contribution in [0.4, 0.5) is 13.2 Å². The first-order valence-corrected chi connectivity index (χ1v) is 10.9. The Labute approximate surface area is 192 Å². The lowest BCUT2D eigenvalue weighted by molar-refractivity contribution is -0.274. The molecule has 0 heterocycles. The molecule has 0 spiro atoms. The van der Waals surface area contributed by atoms with Crippen LogP contribution in [0, 0.1) is 0 Å². The lowest BCUT2D eigenvalue weighted by atomic mass is 10.1. The fourth-order valence-electron chi connectivity index (χ4n) is 2.43. The Morgan fingerprint density at radius 2 is 1.37 bits per heavy atom. The summed E-state index contributed by atoms with van der Waals surface area (Å²) in [7, 11) is 0. The molecule has 3 rings (SSSR count). The van der Waals surface area contributed by atoms with E-state index in [1.807, 2.05) is 24.3 Å². The van der Waals surface area contributed by atoms with E-state index in [-0.39, 0.29) is 11.5 Å². The van der Waals surface area contributed by atoms with Gasteiger partial charge in [-0.2, -0.15) is 0 Å². The summed E-state index contributed by atoms with van der Waals surface area (Å²) in [6, 6.07) is 19.8. The van der Waals surface area contributed by atoms with Crippen LogP contribution in [0.15, 0.2) is 91.5 Å². The third-order valence-electron chi connectivity index (χ3n) is 3.78. The van der Waals surface area contributed by atoms with Gasteiger partial charge in [-0.25, -0.2) is 0 Å². The zero-order valence-corrected chi connectivity index (χ0v) is 19.1. The molecule has 0 aromatic heterocycles. The SMILES string of the molecule is O=C(/C(=C\c1ccc(OC(F)(F)F)cc1)Sc1ccc(Br)cc1)c1ccc(Br)cc1. The van der Waals surface area contributed by atoms with E-state index in [0.29, 0.717) is 16.0 Å². The van der Waals surface area contributed by atoms with Gasteiger partial charge in [-0.3, -0.25) is 4.79 Å². The van der Waals surface area contributed by atoms with Gasteiger partial charge in [-0.1, -0.05) is 55.8 Å². The molecule has 0 bridgehead atoms. The topological polar surface area (TPSA) is 26.3 Å². The maximum atomic E-state index is 13.1. The second-order valence-corrected chi connectivity index (χ2v) is 8.96. The molecular formula is C22H13Br2F3O2S. The van der Waals surface area contributed by atoms with Crippen molar-refractivity contribution in [3.63, 3.8) is 0 Å². The summed E-state index contributed by atoms with van der Waals surface area (Å²) >= 11 is 8.01. The van der Waals surface area contributed by atoms with Gasteiger partial charge in [0, 0.05) is 19.4 Å². The lowest BCUT2D eigenvalue weighted by Gasteiger charge is -2.10. The van der Waals surface area contributed by atoms with E-state index in [2.05, 4.69) is 36.6 Å². The average Bonchev–Trinajstić information content (AvgIpc) is 2.69. The molecule has 0 atom stereocenters. The van der Waals surface area contributed by atoms with Crippen molar-refractivity contribution in [2.24, 2.45) is 0 Å². The van der Waals surface area contributed by atoms with Crippen LogP contribution < -0.4 is 4.74 Å².